The number of nitrogen functional groups attached to an aromatic ring is 1. The average Bonchev–Trinajstić information content (AvgIpc) is 2.94. The molecule has 2 aromatic rings. The molecule has 0 saturated carbocycles. The summed E-state index contributed by atoms with van der Waals surface area (Å²) in [6.45, 7) is 5.10. The molecule has 2 heterocycles. The van der Waals surface area contributed by atoms with Gasteiger partial charge in [0.25, 0.3) is 5.91 Å². The second-order valence-corrected chi connectivity index (χ2v) is 6.01. The van der Waals surface area contributed by atoms with Crippen LogP contribution in [0.2, 0.25) is 0 Å². The van der Waals surface area contributed by atoms with E-state index in [0.29, 0.717) is 11.3 Å². The van der Waals surface area contributed by atoms with E-state index in [4.69, 9.17) is 5.73 Å². The van der Waals surface area contributed by atoms with Gasteiger partial charge in [0.1, 0.15) is 0 Å². The van der Waals surface area contributed by atoms with Crippen LogP contribution in [0.5, 0.6) is 0 Å². The fourth-order valence-corrected chi connectivity index (χ4v) is 3.25. The molecule has 1 fully saturated rings. The van der Waals surface area contributed by atoms with Gasteiger partial charge < -0.3 is 15.5 Å². The Kier molecular flexibility index (Phi) is 5.26. The first-order valence-electron chi connectivity index (χ1n) is 6.95. The highest BCUT2D eigenvalue weighted by Crippen LogP contribution is 2.22. The molecule has 1 aromatic heterocycles. The highest BCUT2D eigenvalue weighted by molar-refractivity contribution is 7.13. The zero-order chi connectivity index (χ0) is 14.8. The monoisotopic (exact) mass is 338 g/mol. The Morgan fingerprint density at radius 1 is 1.18 bits per heavy atom. The molecule has 0 aliphatic carbocycles. The molecule has 3 rings (SSSR count). The van der Waals surface area contributed by atoms with Gasteiger partial charge in [-0.2, -0.15) is 0 Å². The summed E-state index contributed by atoms with van der Waals surface area (Å²) in [5.74, 6) is 0.0740. The first-order valence-corrected chi connectivity index (χ1v) is 7.83. The van der Waals surface area contributed by atoms with Crippen LogP contribution in [0, 0.1) is 6.92 Å². The van der Waals surface area contributed by atoms with E-state index < -0.39 is 0 Å². The molecule has 1 amide bonds. The predicted molar refractivity (Wildman–Crippen MR) is 93.1 cm³/mol. The third-order valence-corrected chi connectivity index (χ3v) is 4.62. The van der Waals surface area contributed by atoms with E-state index in [1.54, 1.807) is 35.6 Å². The Morgan fingerprint density at radius 3 is 2.36 bits per heavy atom. The van der Waals surface area contributed by atoms with Crippen LogP contribution in [-0.2, 0) is 0 Å². The molecule has 5 nitrogen and oxygen atoms in total. The quantitative estimate of drug-likeness (QED) is 0.854. The van der Waals surface area contributed by atoms with Crippen molar-refractivity contribution < 1.29 is 4.79 Å². The topological polar surface area (TPSA) is 62.5 Å². The van der Waals surface area contributed by atoms with Gasteiger partial charge in [0.05, 0.1) is 5.69 Å². The van der Waals surface area contributed by atoms with Crippen LogP contribution in [-0.4, -0.2) is 42.0 Å². The number of piperazine rings is 1. The first-order chi connectivity index (χ1) is 10.1. The number of carbonyl (C=O) groups is 1. The number of aromatic nitrogens is 1. The molecule has 1 aliphatic rings. The summed E-state index contributed by atoms with van der Waals surface area (Å²) in [5.41, 5.74) is 8.08. The number of anilines is 2. The van der Waals surface area contributed by atoms with Gasteiger partial charge in [-0.1, -0.05) is 0 Å². The van der Waals surface area contributed by atoms with Gasteiger partial charge in [-0.25, -0.2) is 4.98 Å². The van der Waals surface area contributed by atoms with Gasteiger partial charge in [0.2, 0.25) is 0 Å². The summed E-state index contributed by atoms with van der Waals surface area (Å²) >= 11 is 1.66. The third kappa shape index (κ3) is 3.51. The lowest BCUT2D eigenvalue weighted by molar-refractivity contribution is 0.0747. The Morgan fingerprint density at radius 2 is 1.82 bits per heavy atom. The van der Waals surface area contributed by atoms with Crippen LogP contribution in [0.15, 0.2) is 29.6 Å². The number of carbonyl (C=O) groups excluding carboxylic acids is 1. The number of benzene rings is 1. The molecule has 1 aliphatic heterocycles. The minimum Gasteiger partial charge on any atom is -0.399 e. The largest absolute Gasteiger partial charge is 0.399 e. The molecular formula is C15H19ClN4OS. The van der Waals surface area contributed by atoms with Crippen molar-refractivity contribution in [2.75, 3.05) is 36.8 Å². The zero-order valence-electron chi connectivity index (χ0n) is 12.4. The van der Waals surface area contributed by atoms with Crippen molar-refractivity contribution in [2.24, 2.45) is 0 Å². The second kappa shape index (κ2) is 6.98. The molecule has 118 valence electrons. The van der Waals surface area contributed by atoms with Crippen molar-refractivity contribution in [3.8, 4) is 0 Å². The summed E-state index contributed by atoms with van der Waals surface area (Å²) in [7, 11) is 0. The maximum Gasteiger partial charge on any atom is 0.253 e. The number of amides is 1. The summed E-state index contributed by atoms with van der Waals surface area (Å²) in [5, 5.41) is 3.11. The van der Waals surface area contributed by atoms with Crippen LogP contribution < -0.4 is 10.6 Å². The molecule has 7 heteroatoms. The molecule has 0 bridgehead atoms. The smallest absolute Gasteiger partial charge is 0.253 e. The van der Waals surface area contributed by atoms with E-state index in [1.165, 1.54) is 0 Å². The van der Waals surface area contributed by atoms with Gasteiger partial charge in [-0.3, -0.25) is 4.79 Å². The fourth-order valence-electron chi connectivity index (χ4n) is 2.40. The minimum absolute atomic E-state index is 0. The number of hydrogen-bond donors (Lipinski definition) is 1. The number of rotatable bonds is 2. The van der Waals surface area contributed by atoms with Gasteiger partial charge in [0, 0.05) is 42.8 Å². The van der Waals surface area contributed by atoms with E-state index in [9.17, 15) is 4.79 Å². The molecule has 1 saturated heterocycles. The highest BCUT2D eigenvalue weighted by atomic mass is 35.5. The van der Waals surface area contributed by atoms with E-state index >= 15 is 0 Å². The summed E-state index contributed by atoms with van der Waals surface area (Å²) in [6.07, 6.45) is 0. The van der Waals surface area contributed by atoms with Crippen molar-refractivity contribution in [3.63, 3.8) is 0 Å². The van der Waals surface area contributed by atoms with Crippen LogP contribution in [0.25, 0.3) is 0 Å². The van der Waals surface area contributed by atoms with Crippen LogP contribution >= 0.6 is 23.7 Å². The van der Waals surface area contributed by atoms with Crippen molar-refractivity contribution in [1.82, 2.24) is 9.88 Å². The number of nitrogens with zero attached hydrogens (tertiary/aromatic N) is 3. The van der Waals surface area contributed by atoms with E-state index in [2.05, 4.69) is 15.3 Å². The predicted octanol–water partition coefficient (Wildman–Crippen LogP) is 2.42. The van der Waals surface area contributed by atoms with E-state index in [-0.39, 0.29) is 18.3 Å². The number of halogens is 1. The molecule has 2 N–H and O–H groups in total. The number of thiazole rings is 1. The molecule has 1 aromatic carbocycles. The number of nitrogens with two attached hydrogens (primary N) is 1. The highest BCUT2D eigenvalue weighted by Gasteiger charge is 2.23. The van der Waals surface area contributed by atoms with Crippen molar-refractivity contribution in [1.29, 1.82) is 0 Å². The lowest BCUT2D eigenvalue weighted by Gasteiger charge is -2.34. The maximum absolute atomic E-state index is 12.4. The molecule has 0 radical (unpaired) electrons. The maximum atomic E-state index is 12.4. The third-order valence-electron chi connectivity index (χ3n) is 3.60. The molecule has 0 spiro atoms. The Balaban J connectivity index is 0.00000176. The van der Waals surface area contributed by atoms with Crippen molar-refractivity contribution in [2.45, 2.75) is 6.92 Å². The minimum atomic E-state index is 0. The summed E-state index contributed by atoms with van der Waals surface area (Å²) in [6, 6.07) is 7.10. The van der Waals surface area contributed by atoms with Crippen LogP contribution in [0.4, 0.5) is 10.8 Å². The van der Waals surface area contributed by atoms with Crippen LogP contribution in [0.3, 0.4) is 0 Å². The number of aryl methyl sites for hydroxylation is 1. The van der Waals surface area contributed by atoms with Crippen molar-refractivity contribution in [3.05, 3.63) is 40.9 Å². The van der Waals surface area contributed by atoms with Gasteiger partial charge >= 0.3 is 0 Å². The summed E-state index contributed by atoms with van der Waals surface area (Å²) in [4.78, 5) is 21.0. The lowest BCUT2D eigenvalue weighted by Crippen LogP contribution is -2.48. The number of hydrogen-bond acceptors (Lipinski definition) is 5. The average molecular weight is 339 g/mol. The van der Waals surface area contributed by atoms with E-state index in [0.717, 1.165) is 37.0 Å². The Hall–Kier alpha value is -1.79. The zero-order valence-corrected chi connectivity index (χ0v) is 14.0. The van der Waals surface area contributed by atoms with E-state index in [1.807, 2.05) is 11.8 Å². The lowest BCUT2D eigenvalue weighted by atomic mass is 10.1. The first kappa shape index (κ1) is 16.6. The molecule has 0 unspecified atom stereocenters. The standard InChI is InChI=1S/C15H18N4OS.ClH/c1-11-10-21-15(17-11)19-8-6-18(7-9-19)14(20)12-2-4-13(16)5-3-12;/h2-5,10H,6-9,16H2,1H3;1H. The SMILES string of the molecule is Cc1csc(N2CCN(C(=O)c3ccc(N)cc3)CC2)n1.Cl. The Labute approximate surface area is 140 Å². The summed E-state index contributed by atoms with van der Waals surface area (Å²) < 4.78 is 0. The second-order valence-electron chi connectivity index (χ2n) is 5.17. The molecule has 22 heavy (non-hydrogen) atoms. The normalized spacial score (nSPS) is 14.6. The van der Waals surface area contributed by atoms with Gasteiger partial charge in [-0.15, -0.1) is 23.7 Å². The van der Waals surface area contributed by atoms with Gasteiger partial charge in [-0.05, 0) is 31.2 Å². The van der Waals surface area contributed by atoms with Crippen LogP contribution in [0.1, 0.15) is 16.1 Å². The fraction of sp³-hybridized carbons (Fsp3) is 0.333. The van der Waals surface area contributed by atoms with Crippen molar-refractivity contribution >= 4 is 40.5 Å². The Bertz CT molecular complexity index is 635. The molecular weight excluding hydrogens is 320 g/mol. The van der Waals surface area contributed by atoms with Gasteiger partial charge in [0.15, 0.2) is 5.13 Å². The molecule has 0 atom stereocenters.